The van der Waals surface area contributed by atoms with Gasteiger partial charge in [-0.1, -0.05) is 35.5 Å². The number of ether oxygens (including phenoxy) is 2. The van der Waals surface area contributed by atoms with E-state index < -0.39 is 0 Å². The van der Waals surface area contributed by atoms with E-state index in [4.69, 9.17) is 14.0 Å². The molecule has 0 unspecified atom stereocenters. The van der Waals surface area contributed by atoms with Crippen molar-refractivity contribution in [2.75, 3.05) is 14.2 Å². The summed E-state index contributed by atoms with van der Waals surface area (Å²) in [5.41, 5.74) is 1.98. The number of hydrogen-bond donors (Lipinski definition) is 1. The van der Waals surface area contributed by atoms with E-state index in [1.807, 2.05) is 43.3 Å². The molecular weight excluding hydrogens is 332 g/mol. The van der Waals surface area contributed by atoms with Crippen LogP contribution in [0.25, 0.3) is 11.3 Å². The molecule has 0 aliphatic carbocycles. The van der Waals surface area contributed by atoms with E-state index in [0.29, 0.717) is 17.3 Å². The predicted octanol–water partition coefficient (Wildman–Crippen LogP) is 3.85. The van der Waals surface area contributed by atoms with Gasteiger partial charge in [0.1, 0.15) is 0 Å². The van der Waals surface area contributed by atoms with Crippen LogP contribution in [0.4, 0.5) is 0 Å². The van der Waals surface area contributed by atoms with E-state index in [-0.39, 0.29) is 17.6 Å². The predicted molar refractivity (Wildman–Crippen MR) is 97.4 cm³/mol. The number of hydrogen-bond acceptors (Lipinski definition) is 5. The van der Waals surface area contributed by atoms with E-state index in [2.05, 4.69) is 10.5 Å². The standard InChI is InChI=1S/C20H20N2O4/c1-13(14-7-5-4-6-8-14)21-20(23)16-12-18(26-22-16)15-9-10-17(24-2)19(11-15)25-3/h4-13H,1-3H3,(H,21,23)/t13-/m1/s1. The first-order valence-corrected chi connectivity index (χ1v) is 8.17. The molecule has 0 bridgehead atoms. The molecule has 0 spiro atoms. The molecule has 3 aromatic rings. The maximum atomic E-state index is 12.4. The first-order chi connectivity index (χ1) is 12.6. The zero-order chi connectivity index (χ0) is 18.5. The number of benzene rings is 2. The van der Waals surface area contributed by atoms with Crippen molar-refractivity contribution in [2.24, 2.45) is 0 Å². The van der Waals surface area contributed by atoms with Gasteiger partial charge in [0.2, 0.25) is 0 Å². The minimum atomic E-state index is -0.295. The average Bonchev–Trinajstić information content (AvgIpc) is 3.18. The third kappa shape index (κ3) is 3.69. The van der Waals surface area contributed by atoms with Crippen LogP contribution in [0.3, 0.4) is 0 Å². The molecular formula is C20H20N2O4. The Bertz CT molecular complexity index is 890. The van der Waals surface area contributed by atoms with Gasteiger partial charge >= 0.3 is 0 Å². The zero-order valence-electron chi connectivity index (χ0n) is 14.9. The Morgan fingerprint density at radius 2 is 1.77 bits per heavy atom. The highest BCUT2D eigenvalue weighted by Crippen LogP contribution is 2.32. The highest BCUT2D eigenvalue weighted by molar-refractivity contribution is 5.93. The number of amides is 1. The highest BCUT2D eigenvalue weighted by Gasteiger charge is 2.17. The molecule has 1 aromatic heterocycles. The summed E-state index contributed by atoms with van der Waals surface area (Å²) in [5.74, 6) is 1.37. The fourth-order valence-electron chi connectivity index (χ4n) is 2.60. The molecule has 6 nitrogen and oxygen atoms in total. The number of nitrogens with zero attached hydrogens (tertiary/aromatic N) is 1. The monoisotopic (exact) mass is 352 g/mol. The summed E-state index contributed by atoms with van der Waals surface area (Å²) >= 11 is 0. The van der Waals surface area contributed by atoms with Gasteiger partial charge in [-0.25, -0.2) is 0 Å². The van der Waals surface area contributed by atoms with Crippen LogP contribution in [-0.2, 0) is 0 Å². The molecule has 0 aliphatic rings. The molecule has 3 rings (SSSR count). The van der Waals surface area contributed by atoms with Gasteiger partial charge in [0, 0.05) is 11.6 Å². The molecule has 1 amide bonds. The summed E-state index contributed by atoms with van der Waals surface area (Å²) in [5, 5.41) is 6.79. The van der Waals surface area contributed by atoms with E-state index >= 15 is 0 Å². The molecule has 134 valence electrons. The van der Waals surface area contributed by atoms with Crippen molar-refractivity contribution in [1.82, 2.24) is 10.5 Å². The van der Waals surface area contributed by atoms with Gasteiger partial charge in [-0.05, 0) is 30.7 Å². The van der Waals surface area contributed by atoms with Crippen molar-refractivity contribution >= 4 is 5.91 Å². The van der Waals surface area contributed by atoms with E-state index in [1.54, 1.807) is 32.4 Å². The minimum absolute atomic E-state index is 0.134. The van der Waals surface area contributed by atoms with Gasteiger partial charge < -0.3 is 19.3 Å². The van der Waals surface area contributed by atoms with Gasteiger partial charge in [0.05, 0.1) is 20.3 Å². The van der Waals surface area contributed by atoms with Crippen molar-refractivity contribution in [3.63, 3.8) is 0 Å². The molecule has 2 aromatic carbocycles. The normalized spacial score (nSPS) is 11.7. The molecule has 6 heteroatoms. The Morgan fingerprint density at radius 3 is 2.46 bits per heavy atom. The Hall–Kier alpha value is -3.28. The number of carbonyl (C=O) groups excluding carboxylic acids is 1. The lowest BCUT2D eigenvalue weighted by molar-refractivity contribution is 0.0931. The molecule has 0 aliphatic heterocycles. The number of carbonyl (C=O) groups is 1. The Balaban J connectivity index is 1.76. The maximum Gasteiger partial charge on any atom is 0.273 e. The molecule has 26 heavy (non-hydrogen) atoms. The zero-order valence-corrected chi connectivity index (χ0v) is 14.9. The maximum absolute atomic E-state index is 12.4. The van der Waals surface area contributed by atoms with E-state index in [9.17, 15) is 4.79 Å². The lowest BCUT2D eigenvalue weighted by Gasteiger charge is -2.12. The lowest BCUT2D eigenvalue weighted by Crippen LogP contribution is -2.26. The first-order valence-electron chi connectivity index (χ1n) is 8.17. The van der Waals surface area contributed by atoms with Gasteiger partial charge in [-0.2, -0.15) is 0 Å². The number of rotatable bonds is 6. The Labute approximate surface area is 151 Å². The van der Waals surface area contributed by atoms with Gasteiger partial charge in [-0.3, -0.25) is 4.79 Å². The highest BCUT2D eigenvalue weighted by atomic mass is 16.5. The van der Waals surface area contributed by atoms with Crippen molar-refractivity contribution in [1.29, 1.82) is 0 Å². The second kappa shape index (κ2) is 7.74. The van der Waals surface area contributed by atoms with Crippen molar-refractivity contribution in [3.8, 4) is 22.8 Å². The van der Waals surface area contributed by atoms with Crippen LogP contribution in [0.1, 0.15) is 29.0 Å². The Morgan fingerprint density at radius 1 is 1.04 bits per heavy atom. The number of nitrogens with one attached hydrogen (secondary N) is 1. The number of aromatic nitrogens is 1. The first kappa shape index (κ1) is 17.5. The smallest absolute Gasteiger partial charge is 0.273 e. The van der Waals surface area contributed by atoms with E-state index in [0.717, 1.165) is 11.1 Å². The molecule has 1 atom stereocenters. The van der Waals surface area contributed by atoms with Crippen LogP contribution in [0.2, 0.25) is 0 Å². The van der Waals surface area contributed by atoms with Gasteiger partial charge in [-0.15, -0.1) is 0 Å². The van der Waals surface area contributed by atoms with Gasteiger partial charge in [0.15, 0.2) is 23.0 Å². The second-order valence-electron chi connectivity index (χ2n) is 5.75. The third-order valence-electron chi connectivity index (χ3n) is 4.06. The van der Waals surface area contributed by atoms with Crippen LogP contribution in [0.5, 0.6) is 11.5 Å². The van der Waals surface area contributed by atoms with E-state index in [1.165, 1.54) is 0 Å². The molecule has 0 saturated heterocycles. The third-order valence-corrected chi connectivity index (χ3v) is 4.06. The molecule has 0 fully saturated rings. The topological polar surface area (TPSA) is 73.6 Å². The minimum Gasteiger partial charge on any atom is -0.493 e. The summed E-state index contributed by atoms with van der Waals surface area (Å²) in [6.07, 6.45) is 0. The summed E-state index contributed by atoms with van der Waals surface area (Å²) < 4.78 is 15.8. The SMILES string of the molecule is COc1ccc(-c2cc(C(=O)N[C@H](C)c3ccccc3)no2)cc1OC. The number of methoxy groups -OCH3 is 2. The molecule has 0 saturated carbocycles. The fraction of sp³-hybridized carbons (Fsp3) is 0.200. The fourth-order valence-corrected chi connectivity index (χ4v) is 2.60. The summed E-state index contributed by atoms with van der Waals surface area (Å²) in [7, 11) is 3.13. The van der Waals surface area contributed by atoms with Crippen LogP contribution >= 0.6 is 0 Å². The van der Waals surface area contributed by atoms with Crippen LogP contribution < -0.4 is 14.8 Å². The average molecular weight is 352 g/mol. The summed E-state index contributed by atoms with van der Waals surface area (Å²) in [4.78, 5) is 12.4. The lowest BCUT2D eigenvalue weighted by atomic mass is 10.1. The van der Waals surface area contributed by atoms with Crippen LogP contribution in [0.15, 0.2) is 59.1 Å². The van der Waals surface area contributed by atoms with Crippen molar-refractivity contribution < 1.29 is 18.8 Å². The molecule has 1 N–H and O–H groups in total. The molecule has 0 radical (unpaired) electrons. The molecule has 1 heterocycles. The van der Waals surface area contributed by atoms with Crippen LogP contribution in [-0.4, -0.2) is 25.3 Å². The Kier molecular flexibility index (Phi) is 5.22. The van der Waals surface area contributed by atoms with Crippen molar-refractivity contribution in [3.05, 3.63) is 65.9 Å². The van der Waals surface area contributed by atoms with Crippen molar-refractivity contribution in [2.45, 2.75) is 13.0 Å². The van der Waals surface area contributed by atoms with Gasteiger partial charge in [0.25, 0.3) is 5.91 Å². The summed E-state index contributed by atoms with van der Waals surface area (Å²) in [6.45, 7) is 1.92. The second-order valence-corrected chi connectivity index (χ2v) is 5.75. The largest absolute Gasteiger partial charge is 0.493 e. The quantitative estimate of drug-likeness (QED) is 0.729. The summed E-state index contributed by atoms with van der Waals surface area (Å²) in [6, 6.07) is 16.6. The van der Waals surface area contributed by atoms with Crippen LogP contribution in [0, 0.1) is 0 Å².